The molecule has 0 aromatic rings. The van der Waals surface area contributed by atoms with Gasteiger partial charge in [0.05, 0.1) is 5.41 Å². The van der Waals surface area contributed by atoms with E-state index in [4.69, 9.17) is 0 Å². The Bertz CT molecular complexity index is 317. The molecular weight excluding hydrogens is 244 g/mol. The Morgan fingerprint density at radius 3 is 2.53 bits per heavy atom. The highest BCUT2D eigenvalue weighted by molar-refractivity contribution is 5.87. The van der Waals surface area contributed by atoms with Gasteiger partial charge >= 0.3 is 5.97 Å². The van der Waals surface area contributed by atoms with Crippen LogP contribution in [0.5, 0.6) is 0 Å². The SMILES string of the molecule is CCCC1(C(=O)NC(C(=O)O)C(C)C)CCCNC1. The summed E-state index contributed by atoms with van der Waals surface area (Å²) in [5.41, 5.74) is -0.435. The van der Waals surface area contributed by atoms with E-state index in [1.54, 1.807) is 0 Å². The Morgan fingerprint density at radius 1 is 1.42 bits per heavy atom. The van der Waals surface area contributed by atoms with Crippen LogP contribution in [-0.4, -0.2) is 36.1 Å². The molecule has 19 heavy (non-hydrogen) atoms. The number of hydrogen-bond donors (Lipinski definition) is 3. The molecule has 0 aromatic heterocycles. The monoisotopic (exact) mass is 270 g/mol. The Hall–Kier alpha value is -1.10. The zero-order valence-electron chi connectivity index (χ0n) is 12.2. The summed E-state index contributed by atoms with van der Waals surface area (Å²) < 4.78 is 0. The maximum Gasteiger partial charge on any atom is 0.326 e. The topological polar surface area (TPSA) is 78.4 Å². The minimum Gasteiger partial charge on any atom is -0.480 e. The molecular formula is C14H26N2O3. The van der Waals surface area contributed by atoms with E-state index in [0.717, 1.165) is 32.2 Å². The molecule has 3 N–H and O–H groups in total. The molecule has 0 aliphatic carbocycles. The van der Waals surface area contributed by atoms with Gasteiger partial charge in [-0.3, -0.25) is 4.79 Å². The molecule has 1 rings (SSSR count). The van der Waals surface area contributed by atoms with Crippen molar-refractivity contribution in [1.82, 2.24) is 10.6 Å². The first-order chi connectivity index (χ1) is 8.93. The van der Waals surface area contributed by atoms with Gasteiger partial charge < -0.3 is 15.7 Å². The summed E-state index contributed by atoms with van der Waals surface area (Å²) in [7, 11) is 0. The quantitative estimate of drug-likeness (QED) is 0.681. The summed E-state index contributed by atoms with van der Waals surface area (Å²) in [5.74, 6) is -1.18. The molecule has 0 spiro atoms. The molecule has 5 nitrogen and oxygen atoms in total. The van der Waals surface area contributed by atoms with Crippen LogP contribution in [0.25, 0.3) is 0 Å². The summed E-state index contributed by atoms with van der Waals surface area (Å²) in [6.45, 7) is 7.26. The summed E-state index contributed by atoms with van der Waals surface area (Å²) in [6.07, 6.45) is 3.53. The van der Waals surface area contributed by atoms with E-state index in [1.165, 1.54) is 0 Å². The summed E-state index contributed by atoms with van der Waals surface area (Å²) in [4.78, 5) is 23.7. The van der Waals surface area contributed by atoms with Gasteiger partial charge in [0.2, 0.25) is 5.91 Å². The van der Waals surface area contributed by atoms with Crippen LogP contribution in [0.1, 0.15) is 46.5 Å². The van der Waals surface area contributed by atoms with Gasteiger partial charge in [0.25, 0.3) is 0 Å². The highest BCUT2D eigenvalue weighted by Crippen LogP contribution is 2.32. The van der Waals surface area contributed by atoms with Gasteiger partial charge in [-0.1, -0.05) is 27.2 Å². The third-order valence-electron chi connectivity index (χ3n) is 3.90. The lowest BCUT2D eigenvalue weighted by Crippen LogP contribution is -2.55. The fourth-order valence-corrected chi connectivity index (χ4v) is 2.77. The van der Waals surface area contributed by atoms with E-state index in [1.807, 2.05) is 13.8 Å². The Labute approximate surface area is 115 Å². The van der Waals surface area contributed by atoms with E-state index >= 15 is 0 Å². The number of amides is 1. The lowest BCUT2D eigenvalue weighted by molar-refractivity contribution is -0.145. The second kappa shape index (κ2) is 6.89. The van der Waals surface area contributed by atoms with Crippen LogP contribution >= 0.6 is 0 Å². The predicted molar refractivity (Wildman–Crippen MR) is 73.8 cm³/mol. The van der Waals surface area contributed by atoms with Crippen molar-refractivity contribution in [3.8, 4) is 0 Å². The van der Waals surface area contributed by atoms with Crippen molar-refractivity contribution in [2.45, 2.75) is 52.5 Å². The lowest BCUT2D eigenvalue weighted by Gasteiger charge is -2.37. The number of nitrogens with one attached hydrogen (secondary N) is 2. The average molecular weight is 270 g/mol. The van der Waals surface area contributed by atoms with Crippen LogP contribution in [0.15, 0.2) is 0 Å². The number of carboxylic acid groups (broad SMARTS) is 1. The first-order valence-corrected chi connectivity index (χ1v) is 7.17. The largest absolute Gasteiger partial charge is 0.480 e. The summed E-state index contributed by atoms with van der Waals surface area (Å²) in [6, 6.07) is -0.803. The third kappa shape index (κ3) is 3.93. The molecule has 110 valence electrons. The minimum atomic E-state index is -0.959. The van der Waals surface area contributed by atoms with Crippen molar-refractivity contribution in [3.05, 3.63) is 0 Å². The minimum absolute atomic E-state index is 0.109. The fraction of sp³-hybridized carbons (Fsp3) is 0.857. The normalized spacial score (nSPS) is 25.1. The molecule has 0 bridgehead atoms. The van der Waals surface area contributed by atoms with Crippen molar-refractivity contribution in [3.63, 3.8) is 0 Å². The van der Waals surface area contributed by atoms with Crippen molar-refractivity contribution in [2.75, 3.05) is 13.1 Å². The van der Waals surface area contributed by atoms with Crippen LogP contribution in [0.3, 0.4) is 0 Å². The zero-order valence-corrected chi connectivity index (χ0v) is 12.2. The highest BCUT2D eigenvalue weighted by Gasteiger charge is 2.40. The van der Waals surface area contributed by atoms with Gasteiger partial charge in [0, 0.05) is 6.54 Å². The van der Waals surface area contributed by atoms with Crippen LogP contribution in [0.2, 0.25) is 0 Å². The van der Waals surface area contributed by atoms with Crippen LogP contribution in [0.4, 0.5) is 0 Å². The van der Waals surface area contributed by atoms with Crippen molar-refractivity contribution in [1.29, 1.82) is 0 Å². The number of carbonyl (C=O) groups is 2. The number of hydrogen-bond acceptors (Lipinski definition) is 3. The first-order valence-electron chi connectivity index (χ1n) is 7.17. The summed E-state index contributed by atoms with van der Waals surface area (Å²) in [5, 5.41) is 15.2. The number of piperidine rings is 1. The second-order valence-corrected chi connectivity index (χ2v) is 5.84. The molecule has 1 fully saturated rings. The standard InChI is InChI=1S/C14H26N2O3/c1-4-6-14(7-5-8-15-9-14)13(19)16-11(10(2)3)12(17)18/h10-11,15H,4-9H2,1-3H3,(H,16,19)(H,17,18). The van der Waals surface area contributed by atoms with Gasteiger partial charge in [-0.15, -0.1) is 0 Å². The van der Waals surface area contributed by atoms with Crippen molar-refractivity contribution in [2.24, 2.45) is 11.3 Å². The van der Waals surface area contributed by atoms with Gasteiger partial charge in [0.15, 0.2) is 0 Å². The molecule has 1 amide bonds. The Balaban J connectivity index is 2.79. The van der Waals surface area contributed by atoms with Crippen molar-refractivity contribution >= 4 is 11.9 Å². The smallest absolute Gasteiger partial charge is 0.326 e. The molecule has 1 aliphatic heterocycles. The Kier molecular flexibility index (Phi) is 5.79. The van der Waals surface area contributed by atoms with Crippen LogP contribution < -0.4 is 10.6 Å². The maximum absolute atomic E-state index is 12.5. The molecule has 0 radical (unpaired) electrons. The van der Waals surface area contributed by atoms with Crippen LogP contribution in [0, 0.1) is 11.3 Å². The number of carboxylic acids is 1. The number of carbonyl (C=O) groups excluding carboxylic acids is 1. The van der Waals surface area contributed by atoms with E-state index in [2.05, 4.69) is 17.6 Å². The number of aliphatic carboxylic acids is 1. The highest BCUT2D eigenvalue weighted by atomic mass is 16.4. The molecule has 2 atom stereocenters. The molecule has 1 heterocycles. The lowest BCUT2D eigenvalue weighted by atomic mass is 9.76. The predicted octanol–water partition coefficient (Wildman–Crippen LogP) is 1.38. The molecule has 2 unspecified atom stereocenters. The maximum atomic E-state index is 12.5. The van der Waals surface area contributed by atoms with E-state index in [0.29, 0.717) is 6.54 Å². The van der Waals surface area contributed by atoms with Crippen LogP contribution in [-0.2, 0) is 9.59 Å². The van der Waals surface area contributed by atoms with Gasteiger partial charge in [-0.05, 0) is 31.7 Å². The fourth-order valence-electron chi connectivity index (χ4n) is 2.77. The molecule has 0 saturated carbocycles. The molecule has 0 aromatic carbocycles. The van der Waals surface area contributed by atoms with Crippen molar-refractivity contribution < 1.29 is 14.7 Å². The average Bonchev–Trinajstić information content (AvgIpc) is 2.36. The van der Waals surface area contributed by atoms with E-state index < -0.39 is 17.4 Å². The first kappa shape index (κ1) is 16.0. The molecule has 5 heteroatoms. The molecule has 1 aliphatic rings. The number of rotatable bonds is 6. The second-order valence-electron chi connectivity index (χ2n) is 5.84. The third-order valence-corrected chi connectivity index (χ3v) is 3.90. The van der Waals surface area contributed by atoms with Gasteiger partial charge in [-0.25, -0.2) is 4.79 Å². The van der Waals surface area contributed by atoms with E-state index in [9.17, 15) is 14.7 Å². The zero-order chi connectivity index (χ0) is 14.5. The van der Waals surface area contributed by atoms with Gasteiger partial charge in [0.1, 0.15) is 6.04 Å². The van der Waals surface area contributed by atoms with Gasteiger partial charge in [-0.2, -0.15) is 0 Å². The molecule has 1 saturated heterocycles. The van der Waals surface area contributed by atoms with E-state index in [-0.39, 0.29) is 11.8 Å². The Morgan fingerprint density at radius 2 is 2.11 bits per heavy atom. The summed E-state index contributed by atoms with van der Waals surface area (Å²) >= 11 is 0.